The number of halogens is 3. The van der Waals surface area contributed by atoms with E-state index in [-0.39, 0.29) is 11.6 Å². The summed E-state index contributed by atoms with van der Waals surface area (Å²) >= 11 is 0. The van der Waals surface area contributed by atoms with Crippen LogP contribution in [0.2, 0.25) is 0 Å². The van der Waals surface area contributed by atoms with Crippen molar-refractivity contribution in [2.24, 2.45) is 0 Å². The lowest BCUT2D eigenvalue weighted by Gasteiger charge is -2.36. The van der Waals surface area contributed by atoms with Gasteiger partial charge in [-0.1, -0.05) is 0 Å². The summed E-state index contributed by atoms with van der Waals surface area (Å²) in [5, 5.41) is 8.82. The number of rotatable bonds is 2. The van der Waals surface area contributed by atoms with Gasteiger partial charge in [0, 0.05) is 18.8 Å². The highest BCUT2D eigenvalue weighted by atomic mass is 19.4. The van der Waals surface area contributed by atoms with Crippen LogP contribution in [0.5, 0.6) is 0 Å². The molecular formula is C15H18F3N3. The van der Waals surface area contributed by atoms with E-state index in [1.807, 2.05) is 19.0 Å². The molecule has 1 aromatic rings. The smallest absolute Gasteiger partial charge is 0.372 e. The second-order valence-electron chi connectivity index (χ2n) is 5.48. The predicted octanol–water partition coefficient (Wildman–Crippen LogP) is 3.11. The van der Waals surface area contributed by atoms with E-state index in [1.165, 1.54) is 6.07 Å². The molecule has 0 bridgehead atoms. The third-order valence-electron chi connectivity index (χ3n) is 4.07. The lowest BCUT2D eigenvalue weighted by Crippen LogP contribution is -2.42. The Labute approximate surface area is 122 Å². The number of piperidine rings is 1. The van der Waals surface area contributed by atoms with Crippen LogP contribution in [0.3, 0.4) is 0 Å². The van der Waals surface area contributed by atoms with Crippen molar-refractivity contribution in [2.45, 2.75) is 25.1 Å². The van der Waals surface area contributed by atoms with Gasteiger partial charge in [-0.15, -0.1) is 0 Å². The van der Waals surface area contributed by atoms with Crippen molar-refractivity contribution >= 4 is 5.69 Å². The van der Waals surface area contributed by atoms with E-state index in [0.717, 1.165) is 32.0 Å². The Morgan fingerprint density at radius 3 is 2.43 bits per heavy atom. The molecule has 0 saturated carbocycles. The quantitative estimate of drug-likeness (QED) is 0.840. The lowest BCUT2D eigenvalue weighted by molar-refractivity contribution is -0.137. The van der Waals surface area contributed by atoms with Crippen molar-refractivity contribution in [2.75, 3.05) is 32.1 Å². The summed E-state index contributed by atoms with van der Waals surface area (Å²) in [6.45, 7) is 1.88. The Morgan fingerprint density at radius 1 is 1.29 bits per heavy atom. The maximum Gasteiger partial charge on any atom is 0.417 e. The first-order valence-corrected chi connectivity index (χ1v) is 6.85. The second kappa shape index (κ2) is 5.94. The van der Waals surface area contributed by atoms with Crippen molar-refractivity contribution < 1.29 is 13.2 Å². The highest BCUT2D eigenvalue weighted by molar-refractivity contribution is 5.55. The van der Waals surface area contributed by atoms with E-state index in [2.05, 4.69) is 4.90 Å². The minimum absolute atomic E-state index is 0.232. The van der Waals surface area contributed by atoms with E-state index in [9.17, 15) is 13.2 Å². The van der Waals surface area contributed by atoms with Gasteiger partial charge in [-0.25, -0.2) is 0 Å². The summed E-state index contributed by atoms with van der Waals surface area (Å²) in [6.07, 6.45) is -2.66. The molecule has 0 aromatic heterocycles. The predicted molar refractivity (Wildman–Crippen MR) is 75.1 cm³/mol. The Bertz CT molecular complexity index is 540. The van der Waals surface area contributed by atoms with E-state index < -0.39 is 11.7 Å². The van der Waals surface area contributed by atoms with Crippen LogP contribution in [0, 0.1) is 11.3 Å². The van der Waals surface area contributed by atoms with Crippen molar-refractivity contribution in [3.8, 4) is 6.07 Å². The Balaban J connectivity index is 2.26. The van der Waals surface area contributed by atoms with E-state index in [0.29, 0.717) is 5.69 Å². The molecule has 0 aliphatic carbocycles. The van der Waals surface area contributed by atoms with E-state index in [1.54, 1.807) is 12.1 Å². The molecule has 0 radical (unpaired) electrons. The highest BCUT2D eigenvalue weighted by Crippen LogP contribution is 2.35. The van der Waals surface area contributed by atoms with Gasteiger partial charge in [0.05, 0.1) is 17.2 Å². The molecule has 1 saturated heterocycles. The first-order valence-electron chi connectivity index (χ1n) is 6.85. The van der Waals surface area contributed by atoms with Crippen LogP contribution in [0.1, 0.15) is 24.0 Å². The number of likely N-dealkylation sites (tertiary alicyclic amines) is 1. The van der Waals surface area contributed by atoms with Crippen LogP contribution in [-0.2, 0) is 6.18 Å². The molecule has 1 heterocycles. The van der Waals surface area contributed by atoms with Crippen molar-refractivity contribution in [1.82, 2.24) is 4.90 Å². The Morgan fingerprint density at radius 2 is 1.90 bits per heavy atom. The number of hydrogen-bond acceptors (Lipinski definition) is 3. The summed E-state index contributed by atoms with van der Waals surface area (Å²) in [4.78, 5) is 4.10. The standard InChI is InChI=1S/C15H18F3N3/c1-20-7-5-12(6-8-20)21(2)13-4-3-11(10-19)14(9-13)15(16,17)18/h3-4,9,12H,5-8H2,1-2H3. The number of benzene rings is 1. The average molecular weight is 297 g/mol. The van der Waals surface area contributed by atoms with Crippen LogP contribution in [0.15, 0.2) is 18.2 Å². The lowest BCUT2D eigenvalue weighted by atomic mass is 10.0. The summed E-state index contributed by atoms with van der Waals surface area (Å²) in [6, 6.07) is 5.76. The van der Waals surface area contributed by atoms with Crippen LogP contribution >= 0.6 is 0 Å². The monoisotopic (exact) mass is 297 g/mol. The van der Waals surface area contributed by atoms with Crippen molar-refractivity contribution in [3.05, 3.63) is 29.3 Å². The van der Waals surface area contributed by atoms with Gasteiger partial charge in [0.1, 0.15) is 0 Å². The number of hydrogen-bond donors (Lipinski definition) is 0. The molecule has 1 aliphatic heterocycles. The number of nitriles is 1. The zero-order chi connectivity index (χ0) is 15.6. The van der Waals surface area contributed by atoms with Crippen LogP contribution in [-0.4, -0.2) is 38.1 Å². The van der Waals surface area contributed by atoms with Gasteiger partial charge in [0.25, 0.3) is 0 Å². The number of nitrogens with zero attached hydrogens (tertiary/aromatic N) is 3. The van der Waals surface area contributed by atoms with Crippen LogP contribution in [0.25, 0.3) is 0 Å². The molecule has 0 N–H and O–H groups in total. The van der Waals surface area contributed by atoms with Crippen molar-refractivity contribution in [1.29, 1.82) is 5.26 Å². The van der Waals surface area contributed by atoms with Crippen molar-refractivity contribution in [3.63, 3.8) is 0 Å². The normalized spacial score (nSPS) is 17.5. The van der Waals surface area contributed by atoms with Crippen LogP contribution < -0.4 is 4.90 Å². The molecule has 0 amide bonds. The first-order chi connectivity index (χ1) is 9.82. The van der Waals surface area contributed by atoms with Crippen LogP contribution in [0.4, 0.5) is 18.9 Å². The summed E-state index contributed by atoms with van der Waals surface area (Å²) in [5.74, 6) is 0. The van der Waals surface area contributed by atoms with E-state index >= 15 is 0 Å². The molecule has 1 aromatic carbocycles. The summed E-state index contributed by atoms with van der Waals surface area (Å²) in [5.41, 5.74) is -0.679. The molecule has 3 nitrogen and oxygen atoms in total. The molecule has 2 rings (SSSR count). The fourth-order valence-corrected chi connectivity index (χ4v) is 2.68. The molecule has 0 unspecified atom stereocenters. The first kappa shape index (κ1) is 15.6. The number of alkyl halides is 3. The zero-order valence-corrected chi connectivity index (χ0v) is 12.1. The minimum Gasteiger partial charge on any atom is -0.372 e. The highest BCUT2D eigenvalue weighted by Gasteiger charge is 2.34. The largest absolute Gasteiger partial charge is 0.417 e. The van der Waals surface area contributed by atoms with Gasteiger partial charge in [-0.05, 0) is 51.2 Å². The van der Waals surface area contributed by atoms with Gasteiger partial charge >= 0.3 is 6.18 Å². The zero-order valence-electron chi connectivity index (χ0n) is 12.1. The fraction of sp³-hybridized carbons (Fsp3) is 0.533. The Kier molecular flexibility index (Phi) is 4.43. The van der Waals surface area contributed by atoms with E-state index in [4.69, 9.17) is 5.26 Å². The molecule has 1 fully saturated rings. The van der Waals surface area contributed by atoms with Gasteiger partial charge in [0.15, 0.2) is 0 Å². The summed E-state index contributed by atoms with van der Waals surface area (Å²) in [7, 11) is 3.86. The maximum atomic E-state index is 13.0. The van der Waals surface area contributed by atoms with Gasteiger partial charge in [-0.2, -0.15) is 18.4 Å². The molecule has 6 heteroatoms. The summed E-state index contributed by atoms with van der Waals surface area (Å²) < 4.78 is 39.0. The molecule has 114 valence electrons. The fourth-order valence-electron chi connectivity index (χ4n) is 2.68. The minimum atomic E-state index is -4.51. The topological polar surface area (TPSA) is 30.3 Å². The molecular weight excluding hydrogens is 279 g/mol. The third-order valence-corrected chi connectivity index (χ3v) is 4.07. The molecule has 0 spiro atoms. The maximum absolute atomic E-state index is 13.0. The average Bonchev–Trinajstić information content (AvgIpc) is 2.45. The molecule has 21 heavy (non-hydrogen) atoms. The van der Waals surface area contributed by atoms with Gasteiger partial charge in [-0.3, -0.25) is 0 Å². The molecule has 0 atom stereocenters. The second-order valence-corrected chi connectivity index (χ2v) is 5.48. The van der Waals surface area contributed by atoms with Gasteiger partial charge in [0.2, 0.25) is 0 Å². The third kappa shape index (κ3) is 3.48. The SMILES string of the molecule is CN1CCC(N(C)c2ccc(C#N)c(C(F)(F)F)c2)CC1. The Hall–Kier alpha value is -1.74. The molecule has 1 aliphatic rings. The number of anilines is 1. The van der Waals surface area contributed by atoms with Gasteiger partial charge < -0.3 is 9.80 Å².